The first kappa shape index (κ1) is 13.8. The van der Waals surface area contributed by atoms with Gasteiger partial charge in [0.25, 0.3) is 16.0 Å². The Morgan fingerprint density at radius 1 is 1.42 bits per heavy atom. The molecular weight excluding hydrogens is 290 g/mol. The van der Waals surface area contributed by atoms with Crippen LogP contribution in [0.1, 0.15) is 18.4 Å². The highest BCUT2D eigenvalue weighted by Crippen LogP contribution is 2.21. The molecule has 0 aliphatic carbocycles. The second kappa shape index (κ2) is 5.18. The topological polar surface area (TPSA) is 85.1 Å². The summed E-state index contributed by atoms with van der Waals surface area (Å²) in [5.41, 5.74) is 0.799. The van der Waals surface area contributed by atoms with Gasteiger partial charge in [-0.1, -0.05) is 24.6 Å². The summed E-state index contributed by atoms with van der Waals surface area (Å²) in [6, 6.07) is 4.47. The Morgan fingerprint density at radius 3 is 2.74 bits per heavy atom. The molecular formula is C11H12ClN3O3S. The summed E-state index contributed by atoms with van der Waals surface area (Å²) >= 11 is 5.91. The number of hydrogen-bond acceptors (Lipinski definition) is 5. The van der Waals surface area contributed by atoms with Gasteiger partial charge >= 0.3 is 0 Å². The second-order valence-electron chi connectivity index (χ2n) is 3.88. The molecule has 8 heteroatoms. The van der Waals surface area contributed by atoms with Crippen molar-refractivity contribution in [3.63, 3.8) is 0 Å². The van der Waals surface area contributed by atoms with Crippen LogP contribution in [0.15, 0.2) is 27.6 Å². The van der Waals surface area contributed by atoms with Gasteiger partial charge in [0.1, 0.15) is 0 Å². The third-order valence-corrected chi connectivity index (χ3v) is 4.18. The van der Waals surface area contributed by atoms with Gasteiger partial charge in [0.15, 0.2) is 0 Å². The smallest absolute Gasteiger partial charge is 0.277 e. The molecule has 0 unspecified atom stereocenters. The molecule has 0 aliphatic rings. The zero-order valence-corrected chi connectivity index (χ0v) is 11.9. The van der Waals surface area contributed by atoms with Crippen molar-refractivity contribution >= 4 is 27.6 Å². The van der Waals surface area contributed by atoms with E-state index in [4.69, 9.17) is 16.1 Å². The molecule has 2 aromatic rings. The monoisotopic (exact) mass is 301 g/mol. The number of anilines is 1. The maximum Gasteiger partial charge on any atom is 0.277 e. The summed E-state index contributed by atoms with van der Waals surface area (Å²) in [7, 11) is -3.77. The molecule has 6 nitrogen and oxygen atoms in total. The van der Waals surface area contributed by atoms with Gasteiger partial charge in [-0.05, 0) is 29.8 Å². The molecule has 0 aliphatic heterocycles. The third-order valence-electron chi connectivity index (χ3n) is 2.45. The van der Waals surface area contributed by atoms with E-state index in [-0.39, 0.29) is 10.8 Å². The van der Waals surface area contributed by atoms with E-state index in [1.165, 1.54) is 12.1 Å². The van der Waals surface area contributed by atoms with E-state index in [1.54, 1.807) is 13.0 Å². The van der Waals surface area contributed by atoms with Crippen LogP contribution in [0.25, 0.3) is 0 Å². The first-order chi connectivity index (χ1) is 8.92. The normalized spacial score (nSPS) is 11.5. The number of nitrogens with zero attached hydrogens (tertiary/aromatic N) is 2. The number of halogens is 1. The minimum Gasteiger partial charge on any atom is -0.337 e. The standard InChI is InChI=1S/C11H12ClN3O3S/c1-3-10-13-11(14-18-10)15-19(16,17)8-5-4-7(2)9(12)6-8/h4-6H,3H2,1-2H3,(H,14,15). The average molecular weight is 302 g/mol. The molecule has 0 bridgehead atoms. The number of nitrogens with one attached hydrogen (secondary N) is 1. The van der Waals surface area contributed by atoms with Gasteiger partial charge in [-0.15, -0.1) is 0 Å². The van der Waals surface area contributed by atoms with Crippen molar-refractivity contribution in [1.82, 2.24) is 10.1 Å². The SMILES string of the molecule is CCc1nc(NS(=O)(=O)c2ccc(C)c(Cl)c2)no1. The Hall–Kier alpha value is -1.60. The van der Waals surface area contributed by atoms with Crippen LogP contribution >= 0.6 is 11.6 Å². The fraction of sp³-hybridized carbons (Fsp3) is 0.273. The lowest BCUT2D eigenvalue weighted by Gasteiger charge is -2.05. The van der Waals surface area contributed by atoms with Crippen LogP contribution in [-0.4, -0.2) is 18.6 Å². The number of sulfonamides is 1. The average Bonchev–Trinajstić information content (AvgIpc) is 2.79. The summed E-state index contributed by atoms with van der Waals surface area (Å²) in [4.78, 5) is 3.93. The van der Waals surface area contributed by atoms with Gasteiger partial charge in [-0.2, -0.15) is 4.98 Å². The van der Waals surface area contributed by atoms with Crippen molar-refractivity contribution in [2.24, 2.45) is 0 Å². The molecule has 0 radical (unpaired) electrons. The molecule has 1 N–H and O–H groups in total. The molecule has 0 atom stereocenters. The van der Waals surface area contributed by atoms with Crippen LogP contribution in [0, 0.1) is 6.92 Å². The van der Waals surface area contributed by atoms with Crippen molar-refractivity contribution in [1.29, 1.82) is 0 Å². The molecule has 1 aromatic carbocycles. The number of benzene rings is 1. The largest absolute Gasteiger partial charge is 0.337 e. The van der Waals surface area contributed by atoms with Crippen LogP contribution in [0.5, 0.6) is 0 Å². The molecule has 0 saturated carbocycles. The third kappa shape index (κ3) is 3.05. The Bertz CT molecular complexity index is 697. The van der Waals surface area contributed by atoms with E-state index in [9.17, 15) is 8.42 Å². The lowest BCUT2D eigenvalue weighted by atomic mass is 10.2. The van der Waals surface area contributed by atoms with E-state index in [0.717, 1.165) is 5.56 Å². The van der Waals surface area contributed by atoms with E-state index in [0.29, 0.717) is 17.3 Å². The van der Waals surface area contributed by atoms with E-state index in [2.05, 4.69) is 14.9 Å². The zero-order chi connectivity index (χ0) is 14.0. The van der Waals surface area contributed by atoms with Gasteiger partial charge < -0.3 is 4.52 Å². The zero-order valence-electron chi connectivity index (χ0n) is 10.3. The van der Waals surface area contributed by atoms with Crippen molar-refractivity contribution in [3.8, 4) is 0 Å². The molecule has 0 amide bonds. The van der Waals surface area contributed by atoms with Gasteiger partial charge in [-0.3, -0.25) is 0 Å². The van der Waals surface area contributed by atoms with E-state index >= 15 is 0 Å². The lowest BCUT2D eigenvalue weighted by Crippen LogP contribution is -2.14. The second-order valence-corrected chi connectivity index (χ2v) is 5.97. The first-order valence-electron chi connectivity index (χ1n) is 5.54. The minimum atomic E-state index is -3.77. The maximum absolute atomic E-state index is 12.1. The number of rotatable bonds is 4. The fourth-order valence-electron chi connectivity index (χ4n) is 1.36. The molecule has 0 fully saturated rings. The highest BCUT2D eigenvalue weighted by Gasteiger charge is 2.18. The molecule has 1 heterocycles. The van der Waals surface area contributed by atoms with Gasteiger partial charge in [0, 0.05) is 11.4 Å². The predicted octanol–water partition coefficient (Wildman–Crippen LogP) is 2.39. The van der Waals surface area contributed by atoms with Gasteiger partial charge in [0.05, 0.1) is 4.90 Å². The Morgan fingerprint density at radius 2 is 2.16 bits per heavy atom. The molecule has 102 valence electrons. The molecule has 19 heavy (non-hydrogen) atoms. The van der Waals surface area contributed by atoms with E-state index < -0.39 is 10.0 Å². The van der Waals surface area contributed by atoms with Crippen molar-refractivity contribution in [3.05, 3.63) is 34.7 Å². The number of hydrogen-bond donors (Lipinski definition) is 1. The Kier molecular flexibility index (Phi) is 3.77. The molecule has 0 saturated heterocycles. The Balaban J connectivity index is 2.29. The Labute approximate surface area is 115 Å². The number of aromatic nitrogens is 2. The minimum absolute atomic E-state index is 0.0472. The van der Waals surface area contributed by atoms with Crippen LogP contribution in [-0.2, 0) is 16.4 Å². The predicted molar refractivity (Wildman–Crippen MR) is 70.7 cm³/mol. The van der Waals surface area contributed by atoms with Gasteiger partial charge in [0.2, 0.25) is 5.89 Å². The summed E-state index contributed by atoms with van der Waals surface area (Å²) in [5, 5.41) is 3.91. The summed E-state index contributed by atoms with van der Waals surface area (Å²) in [6.45, 7) is 3.62. The first-order valence-corrected chi connectivity index (χ1v) is 7.40. The highest BCUT2D eigenvalue weighted by molar-refractivity contribution is 7.92. The highest BCUT2D eigenvalue weighted by atomic mass is 35.5. The molecule has 1 aromatic heterocycles. The maximum atomic E-state index is 12.1. The van der Waals surface area contributed by atoms with Crippen LogP contribution < -0.4 is 4.72 Å². The summed E-state index contributed by atoms with van der Waals surface area (Å²) in [5.74, 6) is 0.271. The molecule has 2 rings (SSSR count). The van der Waals surface area contributed by atoms with Gasteiger partial charge in [-0.25, -0.2) is 13.1 Å². The summed E-state index contributed by atoms with van der Waals surface area (Å²) < 4.78 is 31.2. The quantitative estimate of drug-likeness (QED) is 0.937. The van der Waals surface area contributed by atoms with Crippen molar-refractivity contribution < 1.29 is 12.9 Å². The fourth-order valence-corrected chi connectivity index (χ4v) is 2.57. The lowest BCUT2D eigenvalue weighted by molar-refractivity contribution is 0.383. The van der Waals surface area contributed by atoms with Crippen LogP contribution in [0.4, 0.5) is 5.95 Å². The van der Waals surface area contributed by atoms with E-state index in [1.807, 2.05) is 6.92 Å². The van der Waals surface area contributed by atoms with Crippen molar-refractivity contribution in [2.45, 2.75) is 25.2 Å². The number of aryl methyl sites for hydroxylation is 2. The summed E-state index contributed by atoms with van der Waals surface area (Å²) in [6.07, 6.45) is 0.533. The molecule has 0 spiro atoms. The van der Waals surface area contributed by atoms with Crippen molar-refractivity contribution in [2.75, 3.05) is 4.72 Å². The van der Waals surface area contributed by atoms with Crippen LogP contribution in [0.3, 0.4) is 0 Å². The van der Waals surface area contributed by atoms with Crippen LogP contribution in [0.2, 0.25) is 5.02 Å².